The Morgan fingerprint density at radius 2 is 2.10 bits per heavy atom. The minimum absolute atomic E-state index is 0.0267. The van der Waals surface area contributed by atoms with E-state index >= 15 is 4.39 Å². The molecular formula is C22H24FN4O2. The van der Waals surface area contributed by atoms with Crippen LogP contribution in [0.3, 0.4) is 0 Å². The van der Waals surface area contributed by atoms with Gasteiger partial charge in [0, 0.05) is 25.8 Å². The number of anilines is 1. The predicted molar refractivity (Wildman–Crippen MR) is 108 cm³/mol. The number of nitrogens with one attached hydrogen (secondary N) is 1. The molecule has 1 fully saturated rings. The molecule has 0 saturated heterocycles. The number of hydrogen-bond donors (Lipinski definition) is 2. The first-order valence-electron chi connectivity index (χ1n) is 9.96. The van der Waals surface area contributed by atoms with Crippen LogP contribution >= 0.6 is 0 Å². The molecule has 0 bridgehead atoms. The van der Waals surface area contributed by atoms with Gasteiger partial charge in [0.15, 0.2) is 5.82 Å². The zero-order chi connectivity index (χ0) is 20.1. The molecule has 2 heterocycles. The summed E-state index contributed by atoms with van der Waals surface area (Å²) in [6.07, 6.45) is 4.43. The fourth-order valence-corrected chi connectivity index (χ4v) is 4.82. The van der Waals surface area contributed by atoms with E-state index < -0.39 is 6.10 Å². The molecule has 1 aromatic carbocycles. The van der Waals surface area contributed by atoms with Gasteiger partial charge in [-0.3, -0.25) is 0 Å². The van der Waals surface area contributed by atoms with Crippen LogP contribution in [0.5, 0.6) is 0 Å². The van der Waals surface area contributed by atoms with Crippen molar-refractivity contribution in [1.82, 2.24) is 14.5 Å². The van der Waals surface area contributed by atoms with E-state index in [0.29, 0.717) is 29.7 Å². The highest BCUT2D eigenvalue weighted by Crippen LogP contribution is 2.40. The zero-order valence-electron chi connectivity index (χ0n) is 16.3. The van der Waals surface area contributed by atoms with Crippen LogP contribution in [0, 0.1) is 18.7 Å². The lowest BCUT2D eigenvalue weighted by molar-refractivity contribution is 0.0959. The van der Waals surface area contributed by atoms with Gasteiger partial charge in [-0.15, -0.1) is 0 Å². The van der Waals surface area contributed by atoms with Gasteiger partial charge in [-0.2, -0.15) is 0 Å². The van der Waals surface area contributed by atoms with Crippen LogP contribution in [0.25, 0.3) is 11.0 Å². The maximum atomic E-state index is 15.0. The number of aromatic nitrogens is 3. The van der Waals surface area contributed by atoms with Crippen molar-refractivity contribution in [2.75, 3.05) is 12.4 Å². The summed E-state index contributed by atoms with van der Waals surface area (Å²) in [5, 5.41) is 13.9. The summed E-state index contributed by atoms with van der Waals surface area (Å²) >= 11 is 0. The van der Waals surface area contributed by atoms with Crippen molar-refractivity contribution in [3.05, 3.63) is 60.7 Å². The Morgan fingerprint density at radius 1 is 1.28 bits per heavy atom. The topological polar surface area (TPSA) is 72.2 Å². The molecule has 29 heavy (non-hydrogen) atoms. The Labute approximate surface area is 168 Å². The Kier molecular flexibility index (Phi) is 4.52. The summed E-state index contributed by atoms with van der Waals surface area (Å²) in [5.41, 5.74) is 2.90. The second-order valence-corrected chi connectivity index (χ2v) is 8.06. The minimum Gasteiger partial charge on any atom is -0.393 e. The van der Waals surface area contributed by atoms with Crippen molar-refractivity contribution in [2.24, 2.45) is 5.92 Å². The lowest BCUT2D eigenvalue weighted by Crippen LogP contribution is -2.24. The number of methoxy groups -OCH3 is 1. The first-order valence-corrected chi connectivity index (χ1v) is 9.96. The summed E-state index contributed by atoms with van der Waals surface area (Å²) in [4.78, 5) is 8.70. The summed E-state index contributed by atoms with van der Waals surface area (Å²) in [6.45, 7) is 3.99. The van der Waals surface area contributed by atoms with Gasteiger partial charge >= 0.3 is 0 Å². The molecule has 5 atom stereocenters. The molecule has 6 nitrogen and oxygen atoms in total. The average Bonchev–Trinajstić information content (AvgIpc) is 3.36. The molecule has 0 unspecified atom stereocenters. The van der Waals surface area contributed by atoms with Crippen LogP contribution in [-0.4, -0.2) is 39.0 Å². The van der Waals surface area contributed by atoms with Gasteiger partial charge < -0.3 is 19.7 Å². The van der Waals surface area contributed by atoms with Gasteiger partial charge in [0.1, 0.15) is 17.8 Å². The molecule has 1 saturated carbocycles. The largest absolute Gasteiger partial charge is 0.393 e. The normalized spacial score (nSPS) is 28.8. The maximum Gasteiger partial charge on any atom is 0.154 e. The Hall–Kier alpha value is -2.51. The van der Waals surface area contributed by atoms with Gasteiger partial charge in [0.05, 0.1) is 23.6 Å². The van der Waals surface area contributed by atoms with E-state index in [-0.39, 0.29) is 29.9 Å². The van der Waals surface area contributed by atoms with E-state index in [4.69, 9.17) is 4.74 Å². The Bertz CT molecular complexity index is 1040. The van der Waals surface area contributed by atoms with E-state index in [9.17, 15) is 5.11 Å². The van der Waals surface area contributed by atoms with Crippen LogP contribution in [0.1, 0.15) is 36.1 Å². The third-order valence-electron chi connectivity index (χ3n) is 6.37. The Morgan fingerprint density at radius 3 is 2.86 bits per heavy atom. The van der Waals surface area contributed by atoms with Crippen molar-refractivity contribution in [3.8, 4) is 0 Å². The molecule has 3 aromatic rings. The maximum absolute atomic E-state index is 15.0. The zero-order valence-corrected chi connectivity index (χ0v) is 16.3. The highest BCUT2D eigenvalue weighted by atomic mass is 19.1. The van der Waals surface area contributed by atoms with E-state index in [1.807, 2.05) is 16.7 Å². The van der Waals surface area contributed by atoms with Crippen molar-refractivity contribution < 1.29 is 14.2 Å². The first-order chi connectivity index (χ1) is 14.1. The molecule has 0 amide bonds. The van der Waals surface area contributed by atoms with Crippen molar-refractivity contribution in [3.63, 3.8) is 0 Å². The SMILES string of the molecule is [CH2][C@H]1C[C@@H](n2cc(F)c3c(N[C@@H]4c5ccccc5C[C@@H]4OC)ncnc32)C[C@@H]1O. The van der Waals surface area contributed by atoms with Gasteiger partial charge in [-0.1, -0.05) is 24.3 Å². The van der Waals surface area contributed by atoms with Crippen LogP contribution in [0.2, 0.25) is 0 Å². The number of benzene rings is 1. The minimum atomic E-state index is -0.475. The quantitative estimate of drug-likeness (QED) is 0.708. The molecule has 2 aromatic heterocycles. The summed E-state index contributed by atoms with van der Waals surface area (Å²) in [7, 11) is 1.69. The van der Waals surface area contributed by atoms with Crippen LogP contribution in [-0.2, 0) is 11.2 Å². The number of aliphatic hydroxyl groups excluding tert-OH is 1. The molecule has 2 aliphatic rings. The number of nitrogens with zero attached hydrogens (tertiary/aromatic N) is 3. The molecule has 0 spiro atoms. The number of rotatable bonds is 4. The lowest BCUT2D eigenvalue weighted by Gasteiger charge is -2.21. The monoisotopic (exact) mass is 395 g/mol. The van der Waals surface area contributed by atoms with Gasteiger partial charge in [0.2, 0.25) is 0 Å². The van der Waals surface area contributed by atoms with Crippen LogP contribution in [0.4, 0.5) is 10.2 Å². The number of halogens is 1. The average molecular weight is 395 g/mol. The smallest absolute Gasteiger partial charge is 0.154 e. The van der Waals surface area contributed by atoms with Gasteiger partial charge in [-0.05, 0) is 36.8 Å². The molecule has 0 aliphatic heterocycles. The number of fused-ring (bicyclic) bond motifs is 2. The van der Waals surface area contributed by atoms with E-state index in [1.165, 1.54) is 18.1 Å². The highest BCUT2D eigenvalue weighted by Gasteiger charge is 2.35. The summed E-state index contributed by atoms with van der Waals surface area (Å²) in [5.74, 6) is 0.0301. The van der Waals surface area contributed by atoms with Gasteiger partial charge in [0.25, 0.3) is 0 Å². The van der Waals surface area contributed by atoms with Crippen molar-refractivity contribution in [2.45, 2.75) is 43.6 Å². The van der Waals surface area contributed by atoms with Gasteiger partial charge in [-0.25, -0.2) is 14.4 Å². The van der Waals surface area contributed by atoms with E-state index in [1.54, 1.807) is 7.11 Å². The van der Waals surface area contributed by atoms with E-state index in [2.05, 4.69) is 34.3 Å². The third-order valence-corrected chi connectivity index (χ3v) is 6.37. The summed E-state index contributed by atoms with van der Waals surface area (Å²) in [6, 6.07) is 8.04. The van der Waals surface area contributed by atoms with Crippen molar-refractivity contribution >= 4 is 16.9 Å². The summed E-state index contributed by atoms with van der Waals surface area (Å²) < 4.78 is 22.5. The first kappa shape index (κ1) is 18.5. The highest BCUT2D eigenvalue weighted by molar-refractivity contribution is 5.88. The van der Waals surface area contributed by atoms with Crippen LogP contribution < -0.4 is 5.32 Å². The molecule has 2 N–H and O–H groups in total. The third kappa shape index (κ3) is 3.00. The molecule has 1 radical (unpaired) electrons. The van der Waals surface area contributed by atoms with Crippen molar-refractivity contribution in [1.29, 1.82) is 0 Å². The molecule has 2 aliphatic carbocycles. The second-order valence-electron chi connectivity index (χ2n) is 8.06. The molecule has 5 rings (SSSR count). The lowest BCUT2D eigenvalue weighted by atomic mass is 10.1. The fraction of sp³-hybridized carbons (Fsp3) is 0.409. The number of hydrogen-bond acceptors (Lipinski definition) is 5. The molecule has 7 heteroatoms. The number of ether oxygens (including phenoxy) is 1. The standard InChI is InChI=1S/C22H24FN4O2/c1-12-7-14(9-17(12)28)27-10-16(23)19-21(24-11-25-22(19)27)26-20-15-6-4-3-5-13(15)8-18(20)29-2/h3-6,10-12,14,17-18,20,28H,1,7-9H2,2H3,(H,24,25,26)/t12-,14+,17-,18-,20+/m0/s1. The second kappa shape index (κ2) is 7.07. The van der Waals surface area contributed by atoms with Crippen LogP contribution in [0.15, 0.2) is 36.8 Å². The molecule has 151 valence electrons. The predicted octanol–water partition coefficient (Wildman–Crippen LogP) is 3.44. The fourth-order valence-electron chi connectivity index (χ4n) is 4.82. The Balaban J connectivity index is 1.53. The molecular weight excluding hydrogens is 371 g/mol. The van der Waals surface area contributed by atoms with E-state index in [0.717, 1.165) is 12.0 Å². The number of aliphatic hydroxyl groups is 1.